The number of hydrogen-bond acceptors (Lipinski definition) is 3. The van der Waals surface area contributed by atoms with Crippen molar-refractivity contribution in [2.45, 2.75) is 6.42 Å². The molecule has 0 radical (unpaired) electrons. The molecule has 0 aliphatic carbocycles. The van der Waals surface area contributed by atoms with Crippen LogP contribution in [0.5, 0.6) is 0 Å². The third kappa shape index (κ3) is 3.79. The van der Waals surface area contributed by atoms with E-state index in [9.17, 15) is 0 Å². The summed E-state index contributed by atoms with van der Waals surface area (Å²) in [7, 11) is 0. The highest BCUT2D eigenvalue weighted by Crippen LogP contribution is 2.19. The lowest BCUT2D eigenvalue weighted by Crippen LogP contribution is -2.28. The third-order valence-corrected chi connectivity index (χ3v) is 4.62. The second kappa shape index (κ2) is 7.34. The standard InChI is InChI=1S/C21H24N4/c1-3-8-20(9-4-1)24-16-14-22(18-24)12-7-13-23-15-17-25(19-23)21-10-5-2-6-11-21/h1-6,8-11,14,16-17,19H,7,12-13,15,18H2. The first kappa shape index (κ1) is 15.6. The number of nitrogens with zero attached hydrogens (tertiary/aromatic N) is 4. The predicted octanol–water partition coefficient (Wildman–Crippen LogP) is 3.48. The molecule has 4 heteroatoms. The van der Waals surface area contributed by atoms with Crippen molar-refractivity contribution in [2.24, 2.45) is 0 Å². The summed E-state index contributed by atoms with van der Waals surface area (Å²) < 4.78 is 2.22. The summed E-state index contributed by atoms with van der Waals surface area (Å²) in [6.45, 7) is 6.32. The predicted molar refractivity (Wildman–Crippen MR) is 103 cm³/mol. The van der Waals surface area contributed by atoms with Gasteiger partial charge in [0, 0.05) is 43.3 Å². The van der Waals surface area contributed by atoms with Crippen molar-refractivity contribution in [2.75, 3.05) is 31.2 Å². The van der Waals surface area contributed by atoms with Gasteiger partial charge in [0.1, 0.15) is 6.34 Å². The SMILES string of the molecule is C1=CN(c2ccccc2)CN1CCCN1C=[N+](c2ccccc2)[CH-]C1. The Labute approximate surface area is 149 Å². The Morgan fingerprint density at radius 3 is 2.36 bits per heavy atom. The molecule has 0 bridgehead atoms. The summed E-state index contributed by atoms with van der Waals surface area (Å²) in [6.07, 6.45) is 7.73. The van der Waals surface area contributed by atoms with Gasteiger partial charge in [-0.15, -0.1) is 0 Å². The monoisotopic (exact) mass is 332 g/mol. The lowest BCUT2D eigenvalue weighted by molar-refractivity contribution is -0.381. The van der Waals surface area contributed by atoms with Gasteiger partial charge in [0.05, 0.1) is 19.8 Å². The van der Waals surface area contributed by atoms with E-state index in [-0.39, 0.29) is 0 Å². The highest BCUT2D eigenvalue weighted by molar-refractivity contribution is 5.54. The summed E-state index contributed by atoms with van der Waals surface area (Å²) in [5, 5.41) is 0. The van der Waals surface area contributed by atoms with Crippen LogP contribution in [0.3, 0.4) is 0 Å². The number of hydrogen-bond donors (Lipinski definition) is 0. The quantitative estimate of drug-likeness (QED) is 0.594. The van der Waals surface area contributed by atoms with Crippen LogP contribution >= 0.6 is 0 Å². The first-order chi connectivity index (χ1) is 12.4. The maximum atomic E-state index is 2.38. The fourth-order valence-corrected chi connectivity index (χ4v) is 3.26. The minimum Gasteiger partial charge on any atom is -0.365 e. The van der Waals surface area contributed by atoms with Crippen LogP contribution in [0, 0.1) is 6.54 Å². The molecule has 0 spiro atoms. The molecule has 0 amide bonds. The maximum absolute atomic E-state index is 2.38. The summed E-state index contributed by atoms with van der Waals surface area (Å²) in [5.74, 6) is 0. The Hall–Kier alpha value is -2.88. The van der Waals surface area contributed by atoms with Gasteiger partial charge in [0.25, 0.3) is 0 Å². The number of rotatable bonds is 6. The first-order valence-corrected chi connectivity index (χ1v) is 8.88. The van der Waals surface area contributed by atoms with Gasteiger partial charge < -0.3 is 19.3 Å². The molecule has 2 aliphatic rings. The van der Waals surface area contributed by atoms with Crippen molar-refractivity contribution in [1.82, 2.24) is 9.80 Å². The first-order valence-electron chi connectivity index (χ1n) is 8.88. The largest absolute Gasteiger partial charge is 0.365 e. The second-order valence-electron chi connectivity index (χ2n) is 6.45. The summed E-state index contributed by atoms with van der Waals surface area (Å²) in [5.41, 5.74) is 2.48. The smallest absolute Gasteiger partial charge is 0.137 e. The van der Waals surface area contributed by atoms with Crippen molar-refractivity contribution < 1.29 is 4.58 Å². The van der Waals surface area contributed by atoms with Gasteiger partial charge in [-0.3, -0.25) is 0 Å². The number of benzene rings is 2. The zero-order chi connectivity index (χ0) is 16.9. The Balaban J connectivity index is 1.23. The van der Waals surface area contributed by atoms with E-state index in [1.165, 1.54) is 11.4 Å². The molecule has 2 aromatic carbocycles. The van der Waals surface area contributed by atoms with Crippen LogP contribution in [0.4, 0.5) is 11.4 Å². The van der Waals surface area contributed by atoms with Crippen LogP contribution in [-0.4, -0.2) is 47.0 Å². The van der Waals surface area contributed by atoms with Crippen molar-refractivity contribution in [3.63, 3.8) is 0 Å². The normalized spacial score (nSPS) is 16.3. The molecule has 0 saturated carbocycles. The molecule has 0 fully saturated rings. The number of anilines is 1. The van der Waals surface area contributed by atoms with Crippen molar-refractivity contribution in [1.29, 1.82) is 0 Å². The molecule has 0 aromatic heterocycles. The van der Waals surface area contributed by atoms with Crippen LogP contribution in [0.25, 0.3) is 0 Å². The second-order valence-corrected chi connectivity index (χ2v) is 6.45. The van der Waals surface area contributed by atoms with Gasteiger partial charge in [-0.1, -0.05) is 48.5 Å². The van der Waals surface area contributed by atoms with E-state index in [0.29, 0.717) is 0 Å². The van der Waals surface area contributed by atoms with Crippen molar-refractivity contribution in [3.8, 4) is 0 Å². The highest BCUT2D eigenvalue weighted by Gasteiger charge is 2.16. The summed E-state index contributed by atoms with van der Waals surface area (Å²) in [4.78, 5) is 7.04. The Kier molecular flexibility index (Phi) is 4.59. The average molecular weight is 332 g/mol. The topological polar surface area (TPSA) is 12.7 Å². The van der Waals surface area contributed by atoms with E-state index in [4.69, 9.17) is 0 Å². The molecule has 2 heterocycles. The Bertz CT molecular complexity index is 739. The molecule has 0 N–H and O–H groups in total. The minimum atomic E-state index is 0.940. The molecule has 4 nitrogen and oxygen atoms in total. The van der Waals surface area contributed by atoms with Gasteiger partial charge in [0.15, 0.2) is 0 Å². The van der Waals surface area contributed by atoms with E-state index >= 15 is 0 Å². The fourth-order valence-electron chi connectivity index (χ4n) is 3.26. The minimum absolute atomic E-state index is 0.940. The van der Waals surface area contributed by atoms with Gasteiger partial charge >= 0.3 is 0 Å². The fraction of sp³-hybridized carbons (Fsp3) is 0.238. The molecule has 2 aromatic rings. The lowest BCUT2D eigenvalue weighted by Gasteiger charge is -2.21. The van der Waals surface area contributed by atoms with Crippen LogP contribution in [-0.2, 0) is 0 Å². The molecular formula is C21H24N4. The van der Waals surface area contributed by atoms with Gasteiger partial charge in [-0.05, 0) is 12.1 Å². The molecule has 0 atom stereocenters. The zero-order valence-electron chi connectivity index (χ0n) is 14.4. The van der Waals surface area contributed by atoms with Crippen LogP contribution in [0.2, 0.25) is 0 Å². The highest BCUT2D eigenvalue weighted by atomic mass is 15.3. The molecule has 25 heavy (non-hydrogen) atoms. The van der Waals surface area contributed by atoms with Crippen molar-refractivity contribution >= 4 is 17.7 Å². The molecule has 128 valence electrons. The summed E-state index contributed by atoms with van der Waals surface area (Å²) in [6, 6.07) is 21.0. The summed E-state index contributed by atoms with van der Waals surface area (Å²) >= 11 is 0. The van der Waals surface area contributed by atoms with E-state index in [1.807, 2.05) is 0 Å². The maximum Gasteiger partial charge on any atom is 0.137 e. The lowest BCUT2D eigenvalue weighted by atomic mass is 10.3. The Morgan fingerprint density at radius 2 is 1.56 bits per heavy atom. The zero-order valence-corrected chi connectivity index (χ0v) is 14.4. The van der Waals surface area contributed by atoms with Gasteiger partial charge in [-0.25, -0.2) is 0 Å². The van der Waals surface area contributed by atoms with Crippen molar-refractivity contribution in [3.05, 3.63) is 79.6 Å². The molecule has 0 unspecified atom stereocenters. The van der Waals surface area contributed by atoms with Crippen LogP contribution < -0.4 is 4.90 Å². The molecular weight excluding hydrogens is 308 g/mol. The van der Waals surface area contributed by atoms with Crippen LogP contribution in [0.15, 0.2) is 73.1 Å². The third-order valence-electron chi connectivity index (χ3n) is 4.62. The Morgan fingerprint density at radius 1 is 0.840 bits per heavy atom. The molecule has 4 rings (SSSR count). The van der Waals surface area contributed by atoms with Gasteiger partial charge in [0.2, 0.25) is 0 Å². The van der Waals surface area contributed by atoms with E-state index in [2.05, 4.69) is 105 Å². The van der Waals surface area contributed by atoms with Crippen LogP contribution in [0.1, 0.15) is 6.42 Å². The van der Waals surface area contributed by atoms with E-state index < -0.39 is 0 Å². The average Bonchev–Trinajstić information content (AvgIpc) is 3.33. The molecule has 2 aliphatic heterocycles. The van der Waals surface area contributed by atoms with Gasteiger partial charge in [-0.2, -0.15) is 0 Å². The van der Waals surface area contributed by atoms with E-state index in [1.54, 1.807) is 0 Å². The van der Waals surface area contributed by atoms with E-state index in [0.717, 1.165) is 32.7 Å². The number of para-hydroxylation sites is 2. The molecule has 0 saturated heterocycles.